The Labute approximate surface area is 135 Å². The van der Waals surface area contributed by atoms with Gasteiger partial charge < -0.3 is 5.11 Å². The highest BCUT2D eigenvalue weighted by Gasteiger charge is 2.40. The number of hydrogen-bond acceptors (Lipinski definition) is 2. The van der Waals surface area contributed by atoms with E-state index in [1.54, 1.807) is 24.3 Å². The van der Waals surface area contributed by atoms with Gasteiger partial charge in [-0.05, 0) is 5.56 Å². The van der Waals surface area contributed by atoms with Crippen molar-refractivity contribution >= 4 is 37.6 Å². The Hall–Kier alpha value is -0.970. The molecule has 0 saturated carbocycles. The first kappa shape index (κ1) is 15.4. The van der Waals surface area contributed by atoms with Crippen LogP contribution >= 0.6 is 31.9 Å². The Kier molecular flexibility index (Phi) is 5.13. The number of carbonyl (C=O) groups excluding carboxylic acids is 1. The summed E-state index contributed by atoms with van der Waals surface area (Å²) >= 11 is 6.93. The van der Waals surface area contributed by atoms with Crippen molar-refractivity contribution in [3.8, 4) is 0 Å². The number of aliphatic hydroxyl groups excluding tert-OH is 1. The van der Waals surface area contributed by atoms with E-state index >= 15 is 0 Å². The van der Waals surface area contributed by atoms with Gasteiger partial charge in [0.05, 0.1) is 4.32 Å². The van der Waals surface area contributed by atoms with Crippen molar-refractivity contribution in [2.75, 3.05) is 5.33 Å². The third-order valence-electron chi connectivity index (χ3n) is 3.19. The molecule has 2 nitrogen and oxygen atoms in total. The fourth-order valence-electron chi connectivity index (χ4n) is 1.99. The maximum Gasteiger partial charge on any atom is 0.193 e. The highest BCUT2D eigenvalue weighted by molar-refractivity contribution is 9.12. The number of rotatable bonds is 5. The molecule has 0 spiro atoms. The second-order valence-electron chi connectivity index (χ2n) is 4.49. The molecule has 0 saturated heterocycles. The molecule has 0 amide bonds. The Morgan fingerprint density at radius 3 is 2.05 bits per heavy atom. The number of alkyl halides is 2. The van der Waals surface area contributed by atoms with E-state index in [1.165, 1.54) is 0 Å². The zero-order valence-electron chi connectivity index (χ0n) is 10.7. The van der Waals surface area contributed by atoms with Gasteiger partial charge in [-0.2, -0.15) is 0 Å². The summed E-state index contributed by atoms with van der Waals surface area (Å²) in [6.45, 7) is 0. The average molecular weight is 398 g/mol. The van der Waals surface area contributed by atoms with E-state index in [-0.39, 0.29) is 5.78 Å². The number of hydrogen-bond donors (Lipinski definition) is 1. The second-order valence-corrected chi connectivity index (χ2v) is 6.47. The number of ketones is 1. The number of halogens is 2. The van der Waals surface area contributed by atoms with E-state index in [0.29, 0.717) is 10.9 Å². The second kappa shape index (κ2) is 6.66. The Morgan fingerprint density at radius 2 is 1.55 bits per heavy atom. The zero-order valence-corrected chi connectivity index (χ0v) is 13.8. The summed E-state index contributed by atoms with van der Waals surface area (Å²) < 4.78 is -0.846. The SMILES string of the molecule is O=C(c1ccccc1)[C@@H](O)[C@@](Br)(CBr)c1ccccc1. The first-order chi connectivity index (χ1) is 9.59. The quantitative estimate of drug-likeness (QED) is 0.613. The summed E-state index contributed by atoms with van der Waals surface area (Å²) in [6, 6.07) is 18.3. The molecule has 2 rings (SSSR count). The summed E-state index contributed by atoms with van der Waals surface area (Å²) in [5.74, 6) is -0.300. The van der Waals surface area contributed by atoms with E-state index in [1.807, 2.05) is 36.4 Å². The number of aliphatic hydroxyl groups is 1. The van der Waals surface area contributed by atoms with Gasteiger partial charge in [0.15, 0.2) is 5.78 Å². The smallest absolute Gasteiger partial charge is 0.193 e. The van der Waals surface area contributed by atoms with Gasteiger partial charge in [-0.15, -0.1) is 0 Å². The first-order valence-corrected chi connectivity index (χ1v) is 8.09. The predicted octanol–water partition coefficient (Wildman–Crippen LogP) is 3.92. The standard InChI is InChI=1S/C16H14Br2O2/c17-11-16(18,13-9-5-2-6-10-13)15(20)14(19)12-7-3-1-4-8-12/h1-10,15,20H,11H2/t15-,16-/m1/s1. The van der Waals surface area contributed by atoms with Crippen molar-refractivity contribution in [2.24, 2.45) is 0 Å². The van der Waals surface area contributed by atoms with Gasteiger partial charge in [0.1, 0.15) is 6.10 Å². The molecule has 1 N–H and O–H groups in total. The van der Waals surface area contributed by atoms with Crippen molar-refractivity contribution in [1.82, 2.24) is 0 Å². The molecule has 0 aromatic heterocycles. The molecule has 0 aliphatic carbocycles. The molecule has 2 atom stereocenters. The zero-order chi connectivity index (χ0) is 14.6. The minimum Gasteiger partial charge on any atom is -0.383 e. The van der Waals surface area contributed by atoms with Crippen LogP contribution in [0.15, 0.2) is 60.7 Å². The Morgan fingerprint density at radius 1 is 1.05 bits per heavy atom. The molecule has 0 aliphatic rings. The van der Waals surface area contributed by atoms with Crippen LogP contribution in [0.3, 0.4) is 0 Å². The van der Waals surface area contributed by atoms with E-state index in [2.05, 4.69) is 31.9 Å². The van der Waals surface area contributed by atoms with Gasteiger partial charge in [0, 0.05) is 10.9 Å². The normalized spacial score (nSPS) is 15.3. The van der Waals surface area contributed by atoms with Crippen molar-refractivity contribution in [3.05, 3.63) is 71.8 Å². The van der Waals surface area contributed by atoms with Gasteiger partial charge in [0.25, 0.3) is 0 Å². The van der Waals surface area contributed by atoms with E-state index in [4.69, 9.17) is 0 Å². The predicted molar refractivity (Wildman–Crippen MR) is 87.6 cm³/mol. The summed E-state index contributed by atoms with van der Waals surface area (Å²) in [6.07, 6.45) is -1.17. The molecule has 104 valence electrons. The van der Waals surface area contributed by atoms with Crippen molar-refractivity contribution in [2.45, 2.75) is 10.4 Å². The molecule has 2 aromatic carbocycles. The lowest BCUT2D eigenvalue weighted by Crippen LogP contribution is -2.41. The third-order valence-corrected chi connectivity index (χ3v) is 6.00. The Balaban J connectivity index is 2.34. The average Bonchev–Trinajstić information content (AvgIpc) is 2.54. The van der Waals surface area contributed by atoms with Crippen LogP contribution in [0.4, 0.5) is 0 Å². The molecule has 0 bridgehead atoms. The number of benzene rings is 2. The van der Waals surface area contributed by atoms with Crippen LogP contribution in [-0.4, -0.2) is 22.3 Å². The van der Waals surface area contributed by atoms with E-state index < -0.39 is 10.4 Å². The van der Waals surface area contributed by atoms with Crippen LogP contribution in [-0.2, 0) is 4.32 Å². The van der Waals surface area contributed by atoms with Gasteiger partial charge in [-0.3, -0.25) is 4.79 Å². The molecular weight excluding hydrogens is 384 g/mol. The first-order valence-electron chi connectivity index (χ1n) is 6.17. The van der Waals surface area contributed by atoms with Crippen LogP contribution in [0, 0.1) is 0 Å². The molecule has 0 radical (unpaired) electrons. The molecule has 4 heteroatoms. The third kappa shape index (κ3) is 3.03. The molecule has 0 fully saturated rings. The van der Waals surface area contributed by atoms with E-state index in [0.717, 1.165) is 5.56 Å². The minimum absolute atomic E-state index is 0.300. The highest BCUT2D eigenvalue weighted by Crippen LogP contribution is 2.38. The lowest BCUT2D eigenvalue weighted by atomic mass is 9.90. The molecule has 0 unspecified atom stereocenters. The lowest BCUT2D eigenvalue weighted by molar-refractivity contribution is 0.0681. The summed E-state index contributed by atoms with van der Waals surface area (Å²) in [7, 11) is 0. The van der Waals surface area contributed by atoms with Crippen molar-refractivity contribution in [1.29, 1.82) is 0 Å². The van der Waals surface area contributed by atoms with Gasteiger partial charge in [-0.25, -0.2) is 0 Å². The van der Waals surface area contributed by atoms with Crippen molar-refractivity contribution in [3.63, 3.8) is 0 Å². The Bertz CT molecular complexity index is 572. The molecular formula is C16H14Br2O2. The molecule has 0 heterocycles. The van der Waals surface area contributed by atoms with Crippen molar-refractivity contribution < 1.29 is 9.90 Å². The highest BCUT2D eigenvalue weighted by atomic mass is 79.9. The molecule has 2 aromatic rings. The fourth-order valence-corrected chi connectivity index (χ4v) is 3.09. The van der Waals surface area contributed by atoms with Crippen LogP contribution < -0.4 is 0 Å². The molecule has 20 heavy (non-hydrogen) atoms. The van der Waals surface area contributed by atoms with Gasteiger partial charge in [-0.1, -0.05) is 92.5 Å². The molecule has 0 aliphatic heterocycles. The largest absolute Gasteiger partial charge is 0.383 e. The maximum atomic E-state index is 12.4. The van der Waals surface area contributed by atoms with Crippen LogP contribution in [0.25, 0.3) is 0 Å². The van der Waals surface area contributed by atoms with Crippen LogP contribution in [0.5, 0.6) is 0 Å². The lowest BCUT2D eigenvalue weighted by Gasteiger charge is -2.30. The summed E-state index contributed by atoms with van der Waals surface area (Å²) in [4.78, 5) is 12.4. The van der Waals surface area contributed by atoms with Crippen LogP contribution in [0.2, 0.25) is 0 Å². The van der Waals surface area contributed by atoms with Crippen LogP contribution in [0.1, 0.15) is 15.9 Å². The fraction of sp³-hybridized carbons (Fsp3) is 0.188. The maximum absolute atomic E-state index is 12.4. The van der Waals surface area contributed by atoms with Gasteiger partial charge >= 0.3 is 0 Å². The topological polar surface area (TPSA) is 37.3 Å². The summed E-state index contributed by atoms with van der Waals surface area (Å²) in [5, 5.41) is 10.9. The minimum atomic E-state index is -1.17. The monoisotopic (exact) mass is 396 g/mol. The number of Topliss-reactive ketones (excluding diaryl/α,β-unsaturated/α-hetero) is 1. The van der Waals surface area contributed by atoms with E-state index in [9.17, 15) is 9.90 Å². The van der Waals surface area contributed by atoms with Gasteiger partial charge in [0.2, 0.25) is 0 Å². The number of carbonyl (C=O) groups is 1. The summed E-state index contributed by atoms with van der Waals surface area (Å²) in [5.41, 5.74) is 1.36.